The third kappa shape index (κ3) is 3.26. The monoisotopic (exact) mass is 264 g/mol. The van der Waals surface area contributed by atoms with Crippen LogP contribution in [0, 0.1) is 6.92 Å². The quantitative estimate of drug-likeness (QED) is 0.908. The number of aryl methyl sites for hydroxylation is 1. The van der Waals surface area contributed by atoms with Crippen LogP contribution in [0.15, 0.2) is 12.1 Å². The Morgan fingerprint density at radius 2 is 1.89 bits per heavy atom. The average Bonchev–Trinajstić information content (AvgIpc) is 2.35. The van der Waals surface area contributed by atoms with E-state index in [0.717, 1.165) is 22.6 Å². The highest BCUT2D eigenvalue weighted by atomic mass is 16.5. The maximum absolute atomic E-state index is 12.0. The first-order valence-corrected chi connectivity index (χ1v) is 6.51. The van der Waals surface area contributed by atoms with E-state index < -0.39 is 6.04 Å². The van der Waals surface area contributed by atoms with Crippen LogP contribution in [0.3, 0.4) is 0 Å². The third-order valence-corrected chi connectivity index (χ3v) is 3.25. The van der Waals surface area contributed by atoms with Gasteiger partial charge in [0.05, 0.1) is 13.2 Å². The van der Waals surface area contributed by atoms with Crippen molar-refractivity contribution in [1.29, 1.82) is 0 Å². The number of hydrogen-bond donors (Lipinski definition) is 1. The predicted octanol–water partition coefficient (Wildman–Crippen LogP) is 2.44. The van der Waals surface area contributed by atoms with E-state index >= 15 is 0 Å². The van der Waals surface area contributed by atoms with E-state index in [1.54, 1.807) is 26.0 Å². The molecule has 0 spiro atoms. The van der Waals surface area contributed by atoms with Crippen LogP contribution in [0.25, 0.3) is 0 Å². The molecule has 0 saturated carbocycles. The number of likely N-dealkylation sites (N-methyl/N-ethyl adjacent to an activating group) is 1. The number of benzene rings is 1. The second kappa shape index (κ2) is 6.06. The molecular weight excluding hydrogens is 240 g/mol. The number of rotatable bonds is 4. The summed E-state index contributed by atoms with van der Waals surface area (Å²) in [6.45, 7) is 7.86. The molecule has 0 saturated heterocycles. The minimum atomic E-state index is -0.506. The molecule has 1 rings (SSSR count). The number of hydrogen-bond acceptors (Lipinski definition) is 3. The van der Waals surface area contributed by atoms with E-state index in [2.05, 4.69) is 13.8 Å². The molecule has 4 nitrogen and oxygen atoms in total. The SMILES string of the molecule is COc1cc(C)c(N(C)C(=O)C(C)N)cc1C(C)C. The fraction of sp³-hybridized carbons (Fsp3) is 0.533. The van der Waals surface area contributed by atoms with Crippen LogP contribution in [0.4, 0.5) is 5.69 Å². The summed E-state index contributed by atoms with van der Waals surface area (Å²) >= 11 is 0. The zero-order chi connectivity index (χ0) is 14.7. The van der Waals surface area contributed by atoms with E-state index in [9.17, 15) is 4.79 Å². The summed E-state index contributed by atoms with van der Waals surface area (Å²) in [5.41, 5.74) is 8.63. The largest absolute Gasteiger partial charge is 0.496 e. The molecule has 0 heterocycles. The maximum Gasteiger partial charge on any atom is 0.243 e. The molecule has 1 aromatic rings. The molecule has 4 heteroatoms. The minimum absolute atomic E-state index is 0.0945. The molecule has 0 radical (unpaired) electrons. The van der Waals surface area contributed by atoms with E-state index in [-0.39, 0.29) is 5.91 Å². The zero-order valence-corrected chi connectivity index (χ0v) is 12.7. The molecule has 1 aromatic carbocycles. The van der Waals surface area contributed by atoms with Gasteiger partial charge in [-0.3, -0.25) is 4.79 Å². The summed E-state index contributed by atoms with van der Waals surface area (Å²) in [7, 11) is 3.42. The molecular formula is C15H24N2O2. The second-order valence-electron chi connectivity index (χ2n) is 5.22. The van der Waals surface area contributed by atoms with E-state index in [0.29, 0.717) is 5.92 Å². The van der Waals surface area contributed by atoms with Crippen LogP contribution in [-0.2, 0) is 4.79 Å². The fourth-order valence-corrected chi connectivity index (χ4v) is 2.10. The Bertz CT molecular complexity index is 467. The van der Waals surface area contributed by atoms with Gasteiger partial charge in [0.1, 0.15) is 5.75 Å². The van der Waals surface area contributed by atoms with Gasteiger partial charge < -0.3 is 15.4 Å². The second-order valence-corrected chi connectivity index (χ2v) is 5.22. The van der Waals surface area contributed by atoms with Crippen LogP contribution in [0.2, 0.25) is 0 Å². The van der Waals surface area contributed by atoms with Crippen LogP contribution in [-0.4, -0.2) is 26.1 Å². The predicted molar refractivity (Wildman–Crippen MR) is 78.9 cm³/mol. The van der Waals surface area contributed by atoms with Gasteiger partial charge in [-0.25, -0.2) is 0 Å². The van der Waals surface area contributed by atoms with E-state index in [4.69, 9.17) is 10.5 Å². The van der Waals surface area contributed by atoms with Crippen molar-refractivity contribution in [2.24, 2.45) is 5.73 Å². The Kier molecular flexibility index (Phi) is 4.95. The average molecular weight is 264 g/mol. The van der Waals surface area contributed by atoms with Crippen molar-refractivity contribution in [1.82, 2.24) is 0 Å². The molecule has 0 aliphatic heterocycles. The molecule has 1 atom stereocenters. The van der Waals surface area contributed by atoms with Crippen molar-refractivity contribution in [3.8, 4) is 5.75 Å². The number of ether oxygens (including phenoxy) is 1. The summed E-state index contributed by atoms with van der Waals surface area (Å²) in [6, 6.07) is 3.48. The van der Waals surface area contributed by atoms with Gasteiger partial charge in [-0.1, -0.05) is 13.8 Å². The third-order valence-electron chi connectivity index (χ3n) is 3.25. The Morgan fingerprint density at radius 3 is 2.32 bits per heavy atom. The van der Waals surface area contributed by atoms with Gasteiger partial charge in [-0.15, -0.1) is 0 Å². The van der Waals surface area contributed by atoms with Crippen LogP contribution >= 0.6 is 0 Å². The lowest BCUT2D eigenvalue weighted by Gasteiger charge is -2.24. The van der Waals surface area contributed by atoms with E-state index in [1.165, 1.54) is 0 Å². The lowest BCUT2D eigenvalue weighted by Crippen LogP contribution is -2.40. The summed E-state index contributed by atoms with van der Waals surface area (Å²) in [4.78, 5) is 13.6. The molecule has 0 fully saturated rings. The Balaban J connectivity index is 3.29. The summed E-state index contributed by atoms with van der Waals surface area (Å²) < 4.78 is 5.40. The molecule has 0 aromatic heterocycles. The van der Waals surface area contributed by atoms with Gasteiger partial charge in [0.15, 0.2) is 0 Å². The molecule has 0 aliphatic rings. The number of anilines is 1. The van der Waals surface area contributed by atoms with Crippen molar-refractivity contribution in [3.63, 3.8) is 0 Å². The van der Waals surface area contributed by atoms with Gasteiger partial charge >= 0.3 is 0 Å². The van der Waals surface area contributed by atoms with Gasteiger partial charge in [0.25, 0.3) is 0 Å². The maximum atomic E-state index is 12.0. The zero-order valence-electron chi connectivity index (χ0n) is 12.7. The van der Waals surface area contributed by atoms with Gasteiger partial charge in [0.2, 0.25) is 5.91 Å². The number of carbonyl (C=O) groups is 1. The van der Waals surface area contributed by atoms with Crippen LogP contribution in [0.1, 0.15) is 37.8 Å². The lowest BCUT2D eigenvalue weighted by atomic mass is 9.98. The first-order valence-electron chi connectivity index (χ1n) is 6.51. The lowest BCUT2D eigenvalue weighted by molar-refractivity contribution is -0.119. The number of methoxy groups -OCH3 is 1. The van der Waals surface area contributed by atoms with Crippen LogP contribution in [0.5, 0.6) is 5.75 Å². The van der Waals surface area contributed by atoms with Gasteiger partial charge in [-0.05, 0) is 43.0 Å². The fourth-order valence-electron chi connectivity index (χ4n) is 2.10. The van der Waals surface area contributed by atoms with Crippen molar-refractivity contribution in [2.45, 2.75) is 39.7 Å². The van der Waals surface area contributed by atoms with Crippen molar-refractivity contribution in [3.05, 3.63) is 23.3 Å². The first kappa shape index (κ1) is 15.5. The van der Waals surface area contributed by atoms with Crippen LogP contribution < -0.4 is 15.4 Å². The number of amides is 1. The topological polar surface area (TPSA) is 55.6 Å². The van der Waals surface area contributed by atoms with Crippen molar-refractivity contribution in [2.75, 3.05) is 19.1 Å². The molecule has 0 aliphatic carbocycles. The smallest absolute Gasteiger partial charge is 0.243 e. The Hall–Kier alpha value is -1.55. The molecule has 1 unspecified atom stereocenters. The number of nitrogens with two attached hydrogens (primary N) is 1. The molecule has 1 amide bonds. The van der Waals surface area contributed by atoms with Crippen molar-refractivity contribution >= 4 is 11.6 Å². The minimum Gasteiger partial charge on any atom is -0.496 e. The Morgan fingerprint density at radius 1 is 1.32 bits per heavy atom. The highest BCUT2D eigenvalue weighted by Gasteiger charge is 2.19. The molecule has 0 bridgehead atoms. The van der Waals surface area contributed by atoms with Gasteiger partial charge in [0, 0.05) is 12.7 Å². The molecule has 2 N–H and O–H groups in total. The molecule has 19 heavy (non-hydrogen) atoms. The summed E-state index contributed by atoms with van der Waals surface area (Å²) in [5.74, 6) is 1.09. The molecule has 106 valence electrons. The highest BCUT2D eigenvalue weighted by molar-refractivity contribution is 5.97. The first-order chi connectivity index (χ1) is 8.79. The van der Waals surface area contributed by atoms with E-state index in [1.807, 2.05) is 19.1 Å². The summed E-state index contributed by atoms with van der Waals surface area (Å²) in [5, 5.41) is 0. The number of nitrogens with zero attached hydrogens (tertiary/aromatic N) is 1. The van der Waals surface area contributed by atoms with Gasteiger partial charge in [-0.2, -0.15) is 0 Å². The Labute approximate surface area is 115 Å². The standard InChI is InChI=1S/C15H24N2O2/c1-9(2)12-8-13(10(3)7-14(12)19-6)17(5)15(18)11(4)16/h7-9,11H,16H2,1-6H3. The normalized spacial score (nSPS) is 12.4. The van der Waals surface area contributed by atoms with Crippen molar-refractivity contribution < 1.29 is 9.53 Å². The number of carbonyl (C=O) groups excluding carboxylic acids is 1. The highest BCUT2D eigenvalue weighted by Crippen LogP contribution is 2.33. The summed E-state index contributed by atoms with van der Waals surface area (Å²) in [6.07, 6.45) is 0.